The number of hydrogen-bond acceptors (Lipinski definition) is 4. The van der Waals surface area contributed by atoms with Crippen LogP contribution in [0, 0.1) is 18.8 Å². The van der Waals surface area contributed by atoms with Crippen LogP contribution in [-0.2, 0) is 9.53 Å². The smallest absolute Gasteiger partial charge is 0.317 e. The maximum atomic E-state index is 10.8. The van der Waals surface area contributed by atoms with Crippen LogP contribution < -0.4 is 4.74 Å². The number of rotatable bonds is 2. The van der Waals surface area contributed by atoms with E-state index in [1.54, 1.807) is 13.3 Å². The Morgan fingerprint density at radius 1 is 1.50 bits per heavy atom. The van der Waals surface area contributed by atoms with Crippen molar-refractivity contribution in [2.75, 3.05) is 14.2 Å². The third-order valence-electron chi connectivity index (χ3n) is 1.92. The molecule has 0 bridgehead atoms. The second kappa shape index (κ2) is 5.76. The van der Waals surface area contributed by atoms with E-state index in [1.165, 1.54) is 7.11 Å². The van der Waals surface area contributed by atoms with Crippen molar-refractivity contribution >= 4 is 5.97 Å². The van der Waals surface area contributed by atoms with Crippen LogP contribution in [0.5, 0.6) is 5.88 Å². The molecule has 0 atom stereocenters. The molecule has 0 aliphatic rings. The van der Waals surface area contributed by atoms with Gasteiger partial charge in [-0.3, -0.25) is 4.79 Å². The van der Waals surface area contributed by atoms with Crippen molar-refractivity contribution in [2.45, 2.75) is 13.3 Å². The predicted octanol–water partition coefficient (Wildman–Crippen LogP) is 1.31. The number of aromatic nitrogens is 1. The minimum Gasteiger partial charge on any atom is -0.481 e. The quantitative estimate of drug-likeness (QED) is 0.556. The van der Waals surface area contributed by atoms with Crippen LogP contribution in [0.2, 0.25) is 0 Å². The lowest BCUT2D eigenvalue weighted by molar-refractivity contribution is -0.139. The van der Waals surface area contributed by atoms with Gasteiger partial charge in [-0.05, 0) is 13.0 Å². The van der Waals surface area contributed by atoms with Crippen molar-refractivity contribution in [3.63, 3.8) is 0 Å². The number of carbonyl (C=O) groups is 1. The summed E-state index contributed by atoms with van der Waals surface area (Å²) in [6.07, 6.45) is 1.69. The molecule has 1 aromatic rings. The molecular weight excluding hydrogens is 206 g/mol. The summed E-state index contributed by atoms with van der Waals surface area (Å²) in [5.41, 5.74) is 1.66. The molecular formula is C12H13NO3. The Morgan fingerprint density at radius 3 is 2.81 bits per heavy atom. The van der Waals surface area contributed by atoms with Crippen LogP contribution in [0.25, 0.3) is 0 Å². The molecule has 0 aliphatic heterocycles. The lowest BCUT2D eigenvalue weighted by Crippen LogP contribution is -1.97. The zero-order valence-corrected chi connectivity index (χ0v) is 9.53. The highest BCUT2D eigenvalue weighted by Crippen LogP contribution is 2.13. The zero-order chi connectivity index (χ0) is 12.0. The van der Waals surface area contributed by atoms with Gasteiger partial charge >= 0.3 is 5.97 Å². The molecule has 1 aromatic heterocycles. The Bertz CT molecular complexity index is 443. The molecule has 4 nitrogen and oxygen atoms in total. The lowest BCUT2D eigenvalue weighted by Gasteiger charge is -2.01. The Morgan fingerprint density at radius 2 is 2.25 bits per heavy atom. The number of carbonyl (C=O) groups excluding carboxylic acids is 1. The Balaban J connectivity index is 2.75. The van der Waals surface area contributed by atoms with Crippen molar-refractivity contribution in [3.05, 3.63) is 23.4 Å². The van der Waals surface area contributed by atoms with Crippen LogP contribution in [0.4, 0.5) is 0 Å². The van der Waals surface area contributed by atoms with E-state index in [1.807, 2.05) is 13.0 Å². The van der Waals surface area contributed by atoms with Gasteiger partial charge in [-0.2, -0.15) is 0 Å². The number of methoxy groups -OCH3 is 2. The molecule has 4 heteroatoms. The van der Waals surface area contributed by atoms with Gasteiger partial charge in [0.2, 0.25) is 5.88 Å². The first kappa shape index (κ1) is 12.1. The standard InChI is InChI=1S/C12H13NO3/c1-9-7-10(8-13-12(9)16-3)5-4-6-11(14)15-2/h7-8H,6H2,1-3H3. The molecule has 16 heavy (non-hydrogen) atoms. The number of ether oxygens (including phenoxy) is 2. The summed E-state index contributed by atoms with van der Waals surface area (Å²) < 4.78 is 9.50. The predicted molar refractivity (Wildman–Crippen MR) is 59.0 cm³/mol. The van der Waals surface area contributed by atoms with Crippen LogP contribution in [0.15, 0.2) is 12.3 Å². The molecule has 0 aromatic carbocycles. The fourth-order valence-corrected chi connectivity index (χ4v) is 1.13. The summed E-state index contributed by atoms with van der Waals surface area (Å²) >= 11 is 0. The van der Waals surface area contributed by atoms with Crippen molar-refractivity contribution < 1.29 is 14.3 Å². The van der Waals surface area contributed by atoms with Gasteiger partial charge in [-0.1, -0.05) is 11.8 Å². The van der Waals surface area contributed by atoms with Gasteiger partial charge in [0.15, 0.2) is 0 Å². The number of pyridine rings is 1. The first-order chi connectivity index (χ1) is 7.67. The van der Waals surface area contributed by atoms with Gasteiger partial charge in [-0.25, -0.2) is 4.98 Å². The normalized spacial score (nSPS) is 8.94. The van der Waals surface area contributed by atoms with Crippen molar-refractivity contribution in [2.24, 2.45) is 0 Å². The summed E-state index contributed by atoms with van der Waals surface area (Å²) in [5, 5.41) is 0. The monoisotopic (exact) mass is 219 g/mol. The molecule has 0 unspecified atom stereocenters. The average molecular weight is 219 g/mol. The maximum absolute atomic E-state index is 10.8. The van der Waals surface area contributed by atoms with E-state index in [-0.39, 0.29) is 12.4 Å². The van der Waals surface area contributed by atoms with Gasteiger partial charge < -0.3 is 9.47 Å². The van der Waals surface area contributed by atoms with E-state index in [4.69, 9.17) is 4.74 Å². The fraction of sp³-hybridized carbons (Fsp3) is 0.333. The lowest BCUT2D eigenvalue weighted by atomic mass is 10.2. The van der Waals surface area contributed by atoms with E-state index < -0.39 is 0 Å². The van der Waals surface area contributed by atoms with E-state index in [0.29, 0.717) is 5.88 Å². The number of hydrogen-bond donors (Lipinski definition) is 0. The summed E-state index contributed by atoms with van der Waals surface area (Å²) in [4.78, 5) is 14.9. The van der Waals surface area contributed by atoms with Gasteiger partial charge in [-0.15, -0.1) is 0 Å². The third kappa shape index (κ3) is 3.28. The van der Waals surface area contributed by atoms with Gasteiger partial charge in [0, 0.05) is 17.3 Å². The van der Waals surface area contributed by atoms with Crippen molar-refractivity contribution in [1.82, 2.24) is 4.98 Å². The molecule has 0 fully saturated rings. The van der Waals surface area contributed by atoms with Gasteiger partial charge in [0.05, 0.1) is 14.2 Å². The minimum atomic E-state index is -0.342. The molecule has 0 saturated heterocycles. The second-order valence-corrected chi connectivity index (χ2v) is 3.10. The Hall–Kier alpha value is -2.02. The molecule has 0 N–H and O–H groups in total. The summed E-state index contributed by atoms with van der Waals surface area (Å²) in [6, 6.07) is 1.86. The molecule has 0 spiro atoms. The van der Waals surface area contributed by atoms with Crippen LogP contribution in [-0.4, -0.2) is 25.2 Å². The largest absolute Gasteiger partial charge is 0.481 e. The first-order valence-corrected chi connectivity index (χ1v) is 4.73. The van der Waals surface area contributed by atoms with Crippen LogP contribution in [0.1, 0.15) is 17.5 Å². The molecule has 0 saturated carbocycles. The highest BCUT2D eigenvalue weighted by Gasteiger charge is 1.99. The molecule has 0 radical (unpaired) electrons. The fourth-order valence-electron chi connectivity index (χ4n) is 1.13. The highest BCUT2D eigenvalue weighted by atomic mass is 16.5. The summed E-state index contributed by atoms with van der Waals surface area (Å²) in [5.74, 6) is 5.78. The van der Waals surface area contributed by atoms with E-state index >= 15 is 0 Å². The Labute approximate surface area is 94.6 Å². The van der Waals surface area contributed by atoms with Gasteiger partial charge in [0.25, 0.3) is 0 Å². The number of esters is 1. The van der Waals surface area contributed by atoms with Crippen molar-refractivity contribution in [1.29, 1.82) is 0 Å². The summed E-state index contributed by atoms with van der Waals surface area (Å²) in [6.45, 7) is 1.89. The average Bonchev–Trinajstić information content (AvgIpc) is 2.29. The molecule has 1 heterocycles. The highest BCUT2D eigenvalue weighted by molar-refractivity contribution is 5.72. The van der Waals surface area contributed by atoms with E-state index in [9.17, 15) is 4.79 Å². The van der Waals surface area contributed by atoms with Crippen LogP contribution >= 0.6 is 0 Å². The van der Waals surface area contributed by atoms with Crippen LogP contribution in [0.3, 0.4) is 0 Å². The molecule has 0 aliphatic carbocycles. The third-order valence-corrected chi connectivity index (χ3v) is 1.92. The second-order valence-electron chi connectivity index (χ2n) is 3.10. The van der Waals surface area contributed by atoms with Crippen molar-refractivity contribution in [3.8, 4) is 17.7 Å². The molecule has 84 valence electrons. The first-order valence-electron chi connectivity index (χ1n) is 4.73. The number of aryl methyl sites for hydroxylation is 1. The molecule has 1 rings (SSSR count). The van der Waals surface area contributed by atoms with E-state index in [2.05, 4.69) is 21.6 Å². The van der Waals surface area contributed by atoms with Gasteiger partial charge in [0.1, 0.15) is 6.42 Å². The summed E-state index contributed by atoms with van der Waals surface area (Å²) in [7, 11) is 2.90. The number of nitrogens with zero attached hydrogens (tertiary/aromatic N) is 1. The minimum absolute atomic E-state index is 0.0849. The maximum Gasteiger partial charge on any atom is 0.317 e. The molecule has 0 amide bonds. The SMILES string of the molecule is COC(=O)CC#Cc1cnc(OC)c(C)c1. The Kier molecular flexibility index (Phi) is 4.34. The zero-order valence-electron chi connectivity index (χ0n) is 9.53. The van der Waals surface area contributed by atoms with E-state index in [0.717, 1.165) is 11.1 Å². The topological polar surface area (TPSA) is 48.4 Å².